The quantitative estimate of drug-likeness (QED) is 0.914. The highest BCUT2D eigenvalue weighted by Gasteiger charge is 2.51. The van der Waals surface area contributed by atoms with Crippen LogP contribution in [0.3, 0.4) is 0 Å². The Bertz CT molecular complexity index is 830. The van der Waals surface area contributed by atoms with E-state index in [1.54, 1.807) is 13.2 Å². The zero-order valence-corrected chi connectivity index (χ0v) is 14.7. The van der Waals surface area contributed by atoms with E-state index >= 15 is 0 Å². The first-order valence-corrected chi connectivity index (χ1v) is 9.10. The molecule has 2 atom stereocenters. The number of pyridine rings is 1. The standard InChI is InChI=1S/C18H19FN4OS/c1-24-16-8-4-7-15(21-16)23-9-12-10-25-17(20)22-18(12,11-23)13-5-2-3-6-14(13)19/h2-8,12H,9-11H2,1H3,(H2,20,22). The molecule has 2 aliphatic heterocycles. The Hall–Kier alpha value is -2.28. The van der Waals surface area contributed by atoms with Crippen molar-refractivity contribution in [1.29, 1.82) is 0 Å². The van der Waals surface area contributed by atoms with Crippen LogP contribution in [0.1, 0.15) is 5.56 Å². The number of rotatable bonds is 3. The molecule has 3 heterocycles. The summed E-state index contributed by atoms with van der Waals surface area (Å²) in [6, 6.07) is 12.5. The molecule has 0 aliphatic carbocycles. The van der Waals surface area contributed by atoms with Gasteiger partial charge in [-0.25, -0.2) is 9.38 Å². The summed E-state index contributed by atoms with van der Waals surface area (Å²) in [6.45, 7) is 1.29. The first kappa shape index (κ1) is 16.2. The van der Waals surface area contributed by atoms with Crippen molar-refractivity contribution >= 4 is 22.7 Å². The van der Waals surface area contributed by atoms with E-state index in [2.05, 4.69) is 9.88 Å². The molecule has 2 N–H and O–H groups in total. The second-order valence-corrected chi connectivity index (χ2v) is 7.32. The van der Waals surface area contributed by atoms with Crippen molar-refractivity contribution in [2.45, 2.75) is 5.54 Å². The molecule has 0 saturated carbocycles. The Morgan fingerprint density at radius 1 is 1.28 bits per heavy atom. The molecule has 130 valence electrons. The summed E-state index contributed by atoms with van der Waals surface area (Å²) in [5, 5.41) is 0.514. The average Bonchev–Trinajstić information content (AvgIpc) is 3.01. The highest BCUT2D eigenvalue weighted by Crippen LogP contribution is 2.47. The van der Waals surface area contributed by atoms with Gasteiger partial charge in [-0.2, -0.15) is 4.98 Å². The van der Waals surface area contributed by atoms with Crippen LogP contribution in [0.5, 0.6) is 5.88 Å². The molecule has 2 aromatic rings. The van der Waals surface area contributed by atoms with Crippen LogP contribution in [0, 0.1) is 11.7 Å². The molecule has 0 radical (unpaired) electrons. The number of fused-ring (bicyclic) bond motifs is 1. The number of anilines is 1. The molecule has 2 aliphatic rings. The average molecular weight is 358 g/mol. The number of thioether (sulfide) groups is 1. The third-order valence-electron chi connectivity index (χ3n) is 4.87. The number of halogens is 1. The van der Waals surface area contributed by atoms with E-state index in [-0.39, 0.29) is 11.7 Å². The number of hydrogen-bond acceptors (Lipinski definition) is 6. The Labute approximate surface area is 150 Å². The predicted octanol–water partition coefficient (Wildman–Crippen LogP) is 2.62. The summed E-state index contributed by atoms with van der Waals surface area (Å²) in [4.78, 5) is 11.4. The summed E-state index contributed by atoms with van der Waals surface area (Å²) in [6.07, 6.45) is 0. The summed E-state index contributed by atoms with van der Waals surface area (Å²) in [5.74, 6) is 2.10. The van der Waals surface area contributed by atoms with E-state index < -0.39 is 5.54 Å². The van der Waals surface area contributed by atoms with Crippen molar-refractivity contribution in [2.75, 3.05) is 30.9 Å². The maximum absolute atomic E-state index is 14.6. The largest absolute Gasteiger partial charge is 0.481 e. The van der Waals surface area contributed by atoms with Gasteiger partial charge in [0.25, 0.3) is 0 Å². The Kier molecular flexibility index (Phi) is 4.03. The Morgan fingerprint density at radius 3 is 2.92 bits per heavy atom. The van der Waals surface area contributed by atoms with Gasteiger partial charge in [-0.15, -0.1) is 0 Å². The van der Waals surface area contributed by atoms with Gasteiger partial charge >= 0.3 is 0 Å². The molecule has 1 saturated heterocycles. The number of aliphatic imine (C=N–C) groups is 1. The van der Waals surface area contributed by atoms with Crippen LogP contribution in [0.15, 0.2) is 47.5 Å². The van der Waals surface area contributed by atoms with Gasteiger partial charge in [-0.05, 0) is 12.1 Å². The van der Waals surface area contributed by atoms with Gasteiger partial charge in [0.05, 0.1) is 7.11 Å². The van der Waals surface area contributed by atoms with Gasteiger partial charge in [0, 0.05) is 36.4 Å². The molecule has 1 fully saturated rings. The molecular weight excluding hydrogens is 339 g/mol. The van der Waals surface area contributed by atoms with Crippen LogP contribution in [-0.2, 0) is 5.54 Å². The van der Waals surface area contributed by atoms with Gasteiger partial charge in [0.2, 0.25) is 5.88 Å². The molecule has 1 aromatic carbocycles. The van der Waals surface area contributed by atoms with E-state index in [0.717, 1.165) is 18.1 Å². The fourth-order valence-corrected chi connectivity index (χ4v) is 4.66. The number of methoxy groups -OCH3 is 1. The SMILES string of the molecule is COc1cccc(N2CC3CSC(N)=NC3(c3ccccc3F)C2)n1. The molecule has 0 bridgehead atoms. The second kappa shape index (κ2) is 6.22. The predicted molar refractivity (Wildman–Crippen MR) is 98.7 cm³/mol. The van der Waals surface area contributed by atoms with Crippen LogP contribution in [0.2, 0.25) is 0 Å². The van der Waals surface area contributed by atoms with Gasteiger partial charge in [-0.3, -0.25) is 0 Å². The lowest BCUT2D eigenvalue weighted by Crippen LogP contribution is -2.40. The number of hydrogen-bond donors (Lipinski definition) is 1. The van der Waals surface area contributed by atoms with Crippen LogP contribution in [-0.4, -0.2) is 36.1 Å². The van der Waals surface area contributed by atoms with Crippen LogP contribution in [0.25, 0.3) is 0 Å². The minimum atomic E-state index is -0.675. The minimum Gasteiger partial charge on any atom is -0.481 e. The van der Waals surface area contributed by atoms with Crippen LogP contribution in [0.4, 0.5) is 10.2 Å². The number of amidine groups is 1. The number of benzene rings is 1. The van der Waals surface area contributed by atoms with Gasteiger partial charge in [-0.1, -0.05) is 36.0 Å². The first-order chi connectivity index (χ1) is 12.1. The van der Waals surface area contributed by atoms with E-state index in [0.29, 0.717) is 23.2 Å². The van der Waals surface area contributed by atoms with Crippen molar-refractivity contribution in [3.63, 3.8) is 0 Å². The Morgan fingerprint density at radius 2 is 2.12 bits per heavy atom. The number of aromatic nitrogens is 1. The third kappa shape index (κ3) is 2.72. The molecule has 7 heteroatoms. The third-order valence-corrected chi connectivity index (χ3v) is 5.83. The minimum absolute atomic E-state index is 0.162. The van der Waals surface area contributed by atoms with Crippen LogP contribution < -0.4 is 15.4 Å². The fraction of sp³-hybridized carbons (Fsp3) is 0.333. The van der Waals surface area contributed by atoms with E-state index in [1.165, 1.54) is 17.8 Å². The zero-order valence-electron chi connectivity index (χ0n) is 13.9. The second-order valence-electron chi connectivity index (χ2n) is 6.28. The van der Waals surface area contributed by atoms with Crippen molar-refractivity contribution in [3.05, 3.63) is 53.8 Å². The van der Waals surface area contributed by atoms with Crippen LogP contribution >= 0.6 is 11.8 Å². The number of nitrogens with two attached hydrogens (primary N) is 1. The summed E-state index contributed by atoms with van der Waals surface area (Å²) in [7, 11) is 1.60. The highest BCUT2D eigenvalue weighted by atomic mass is 32.2. The monoisotopic (exact) mass is 358 g/mol. The van der Waals surface area contributed by atoms with Gasteiger partial charge in [0.1, 0.15) is 17.2 Å². The van der Waals surface area contributed by atoms with Gasteiger partial charge < -0.3 is 15.4 Å². The van der Waals surface area contributed by atoms with E-state index in [4.69, 9.17) is 15.5 Å². The molecule has 0 amide bonds. The van der Waals surface area contributed by atoms with E-state index in [1.807, 2.05) is 30.3 Å². The zero-order chi connectivity index (χ0) is 17.4. The summed E-state index contributed by atoms with van der Waals surface area (Å²) >= 11 is 1.53. The molecule has 5 nitrogen and oxygen atoms in total. The normalized spacial score (nSPS) is 25.4. The fourth-order valence-electron chi connectivity index (χ4n) is 3.68. The number of nitrogens with zero attached hydrogens (tertiary/aromatic N) is 3. The van der Waals surface area contributed by atoms with E-state index in [9.17, 15) is 4.39 Å². The summed E-state index contributed by atoms with van der Waals surface area (Å²) in [5.41, 5.74) is 5.96. The van der Waals surface area contributed by atoms with Crippen molar-refractivity contribution < 1.29 is 9.13 Å². The molecule has 0 spiro atoms. The molecule has 2 unspecified atom stereocenters. The molecule has 25 heavy (non-hydrogen) atoms. The molecular formula is C18H19FN4OS. The number of ether oxygens (including phenoxy) is 1. The lowest BCUT2D eigenvalue weighted by atomic mass is 9.81. The molecule has 4 rings (SSSR count). The van der Waals surface area contributed by atoms with Crippen molar-refractivity contribution in [2.24, 2.45) is 16.6 Å². The van der Waals surface area contributed by atoms with Crippen molar-refractivity contribution in [1.82, 2.24) is 4.98 Å². The maximum Gasteiger partial charge on any atom is 0.214 e. The lowest BCUT2D eigenvalue weighted by Gasteiger charge is -2.34. The first-order valence-electron chi connectivity index (χ1n) is 8.11. The summed E-state index contributed by atoms with van der Waals surface area (Å²) < 4.78 is 19.8. The lowest BCUT2D eigenvalue weighted by molar-refractivity contribution is 0.370. The molecule has 1 aromatic heterocycles. The van der Waals surface area contributed by atoms with Crippen molar-refractivity contribution in [3.8, 4) is 5.88 Å². The topological polar surface area (TPSA) is 63.7 Å². The van der Waals surface area contributed by atoms with Gasteiger partial charge in [0.15, 0.2) is 5.17 Å². The maximum atomic E-state index is 14.6. The Balaban J connectivity index is 1.77. The highest BCUT2D eigenvalue weighted by molar-refractivity contribution is 8.13. The smallest absolute Gasteiger partial charge is 0.214 e.